The van der Waals surface area contributed by atoms with E-state index in [9.17, 15) is 10.1 Å². The van der Waals surface area contributed by atoms with Crippen molar-refractivity contribution in [2.24, 2.45) is 17.3 Å². The lowest BCUT2D eigenvalue weighted by atomic mass is 10.1. The standard InChI is InChI=1S/C22H19Br2NO3/c1-22(2)17(12-19(23)24)20(22)21(26)28-18(13-25)14-7-6-10-16(11-14)27-15-8-4-3-5-9-15/h3-12,17-18,20H,1-2H3/t17-,18+,20-/m1/s1. The van der Waals surface area contributed by atoms with Crippen LogP contribution >= 0.6 is 31.9 Å². The Morgan fingerprint density at radius 3 is 2.46 bits per heavy atom. The molecule has 1 fully saturated rings. The first-order valence-corrected chi connectivity index (χ1v) is 10.4. The van der Waals surface area contributed by atoms with Crippen molar-refractivity contribution in [3.05, 3.63) is 69.6 Å². The van der Waals surface area contributed by atoms with Crippen LogP contribution in [0, 0.1) is 28.6 Å². The summed E-state index contributed by atoms with van der Waals surface area (Å²) in [4.78, 5) is 12.7. The number of nitrogens with zero attached hydrogens (tertiary/aromatic N) is 1. The number of ether oxygens (including phenoxy) is 2. The third kappa shape index (κ3) is 4.65. The fourth-order valence-electron chi connectivity index (χ4n) is 3.30. The molecule has 0 radical (unpaired) electrons. The highest BCUT2D eigenvalue weighted by Crippen LogP contribution is 2.60. The van der Waals surface area contributed by atoms with Gasteiger partial charge in [0.25, 0.3) is 0 Å². The molecule has 1 aliphatic carbocycles. The van der Waals surface area contributed by atoms with Gasteiger partial charge in [-0.2, -0.15) is 5.26 Å². The minimum absolute atomic E-state index is 0.0563. The molecule has 3 atom stereocenters. The second kappa shape index (κ2) is 8.50. The number of nitriles is 1. The predicted octanol–water partition coefficient (Wildman–Crippen LogP) is 6.49. The number of esters is 1. The largest absolute Gasteiger partial charge is 0.457 e. The Bertz CT molecular complexity index is 930. The van der Waals surface area contributed by atoms with E-state index in [1.807, 2.05) is 50.3 Å². The van der Waals surface area contributed by atoms with Crippen molar-refractivity contribution in [2.75, 3.05) is 0 Å². The van der Waals surface area contributed by atoms with Gasteiger partial charge in [-0.25, -0.2) is 0 Å². The van der Waals surface area contributed by atoms with E-state index in [-0.39, 0.29) is 23.2 Å². The molecule has 1 aliphatic rings. The van der Waals surface area contributed by atoms with E-state index >= 15 is 0 Å². The van der Waals surface area contributed by atoms with Crippen LogP contribution in [0.2, 0.25) is 0 Å². The Kier molecular flexibility index (Phi) is 6.26. The van der Waals surface area contributed by atoms with Gasteiger partial charge >= 0.3 is 5.97 Å². The smallest absolute Gasteiger partial charge is 0.311 e. The summed E-state index contributed by atoms with van der Waals surface area (Å²) in [6.45, 7) is 4.03. The summed E-state index contributed by atoms with van der Waals surface area (Å²) in [5, 5.41) is 9.56. The summed E-state index contributed by atoms with van der Waals surface area (Å²) >= 11 is 6.68. The molecule has 4 nitrogen and oxygen atoms in total. The Hall–Kier alpha value is -2.10. The molecule has 1 saturated carbocycles. The molecule has 0 N–H and O–H groups in total. The summed E-state index contributed by atoms with van der Waals surface area (Å²) < 4.78 is 12.2. The van der Waals surface area contributed by atoms with Gasteiger partial charge in [-0.1, -0.05) is 50.3 Å². The average molecular weight is 505 g/mol. The average Bonchev–Trinajstić information content (AvgIpc) is 3.20. The number of carbonyl (C=O) groups is 1. The maximum absolute atomic E-state index is 12.7. The quantitative estimate of drug-likeness (QED) is 0.422. The van der Waals surface area contributed by atoms with Gasteiger partial charge in [0.2, 0.25) is 6.10 Å². The SMILES string of the molecule is CC1(C)[C@H](C=C(Br)Br)[C@@H]1C(=O)O[C@@H](C#N)c1cccc(Oc2ccccc2)c1. The lowest BCUT2D eigenvalue weighted by Crippen LogP contribution is -2.14. The first-order valence-electron chi connectivity index (χ1n) is 8.78. The van der Waals surface area contributed by atoms with E-state index in [2.05, 4.69) is 37.9 Å². The van der Waals surface area contributed by atoms with Crippen LogP contribution in [0.25, 0.3) is 0 Å². The van der Waals surface area contributed by atoms with Crippen molar-refractivity contribution in [2.45, 2.75) is 20.0 Å². The number of allylic oxidation sites excluding steroid dienone is 1. The van der Waals surface area contributed by atoms with Crippen LogP contribution in [0.3, 0.4) is 0 Å². The predicted molar refractivity (Wildman–Crippen MR) is 114 cm³/mol. The number of rotatable bonds is 6. The third-order valence-corrected chi connectivity index (χ3v) is 5.49. The summed E-state index contributed by atoms with van der Waals surface area (Å²) in [5.41, 5.74) is 0.374. The molecular weight excluding hydrogens is 486 g/mol. The summed E-state index contributed by atoms with van der Waals surface area (Å²) in [6, 6.07) is 18.5. The normalized spacial score (nSPS) is 20.4. The number of benzene rings is 2. The lowest BCUT2D eigenvalue weighted by molar-refractivity contribution is -0.149. The fourth-order valence-corrected chi connectivity index (χ4v) is 3.87. The van der Waals surface area contributed by atoms with E-state index in [4.69, 9.17) is 9.47 Å². The maximum atomic E-state index is 12.7. The van der Waals surface area contributed by atoms with E-state index < -0.39 is 6.10 Å². The highest BCUT2D eigenvalue weighted by molar-refractivity contribution is 9.28. The molecule has 2 aromatic carbocycles. The van der Waals surface area contributed by atoms with Crippen LogP contribution in [-0.2, 0) is 9.53 Å². The Morgan fingerprint density at radius 1 is 1.14 bits per heavy atom. The van der Waals surface area contributed by atoms with Gasteiger partial charge in [-0.3, -0.25) is 4.79 Å². The number of halogens is 2. The topological polar surface area (TPSA) is 59.3 Å². The van der Waals surface area contributed by atoms with Crippen LogP contribution in [0.5, 0.6) is 11.5 Å². The van der Waals surface area contributed by atoms with E-state index in [1.54, 1.807) is 24.3 Å². The second-order valence-electron chi connectivity index (χ2n) is 7.21. The van der Waals surface area contributed by atoms with Crippen LogP contribution in [0.4, 0.5) is 0 Å². The second-order valence-corrected chi connectivity index (χ2v) is 9.99. The van der Waals surface area contributed by atoms with Crippen LogP contribution in [0.15, 0.2) is 64.1 Å². The Morgan fingerprint density at radius 2 is 1.82 bits per heavy atom. The first-order chi connectivity index (χ1) is 13.3. The molecule has 0 heterocycles. The number of para-hydroxylation sites is 1. The van der Waals surface area contributed by atoms with Gasteiger partial charge in [0.1, 0.15) is 17.6 Å². The molecule has 28 heavy (non-hydrogen) atoms. The van der Waals surface area contributed by atoms with Gasteiger partial charge in [-0.15, -0.1) is 0 Å². The minimum Gasteiger partial charge on any atom is -0.457 e. The van der Waals surface area contributed by atoms with Crippen LogP contribution in [0.1, 0.15) is 25.5 Å². The zero-order valence-corrected chi connectivity index (χ0v) is 18.6. The highest BCUT2D eigenvalue weighted by atomic mass is 79.9. The van der Waals surface area contributed by atoms with Crippen LogP contribution in [-0.4, -0.2) is 5.97 Å². The van der Waals surface area contributed by atoms with Gasteiger partial charge in [0, 0.05) is 5.56 Å². The maximum Gasteiger partial charge on any atom is 0.311 e. The molecule has 3 rings (SSSR count). The molecule has 0 aliphatic heterocycles. The molecule has 0 bridgehead atoms. The zero-order valence-electron chi connectivity index (χ0n) is 15.4. The molecule has 0 aromatic heterocycles. The van der Waals surface area contributed by atoms with Gasteiger partial charge < -0.3 is 9.47 Å². The molecular formula is C22H19Br2NO3. The monoisotopic (exact) mass is 503 g/mol. The van der Waals surface area contributed by atoms with Gasteiger partial charge in [0.15, 0.2) is 0 Å². The van der Waals surface area contributed by atoms with Crippen molar-refractivity contribution in [3.63, 3.8) is 0 Å². The van der Waals surface area contributed by atoms with E-state index in [0.29, 0.717) is 17.1 Å². The van der Waals surface area contributed by atoms with Crippen LogP contribution < -0.4 is 4.74 Å². The summed E-state index contributed by atoms with van der Waals surface area (Å²) in [5.74, 6) is 0.683. The van der Waals surface area contributed by atoms with Gasteiger partial charge in [0.05, 0.1) is 9.31 Å². The molecule has 0 spiro atoms. The molecule has 0 amide bonds. The van der Waals surface area contributed by atoms with E-state index in [0.717, 1.165) is 3.39 Å². The van der Waals surface area contributed by atoms with Crippen molar-refractivity contribution in [1.29, 1.82) is 5.26 Å². The van der Waals surface area contributed by atoms with Crippen molar-refractivity contribution in [1.82, 2.24) is 0 Å². The zero-order chi connectivity index (χ0) is 20.3. The highest BCUT2D eigenvalue weighted by Gasteiger charge is 2.61. The summed E-state index contributed by atoms with van der Waals surface area (Å²) in [7, 11) is 0. The molecule has 0 unspecified atom stereocenters. The molecule has 2 aromatic rings. The number of carbonyl (C=O) groups excluding carboxylic acids is 1. The van der Waals surface area contributed by atoms with Crippen molar-refractivity contribution in [3.8, 4) is 17.6 Å². The first kappa shape index (κ1) is 20.6. The van der Waals surface area contributed by atoms with Crippen molar-refractivity contribution < 1.29 is 14.3 Å². The third-order valence-electron chi connectivity index (χ3n) is 4.96. The van der Waals surface area contributed by atoms with Crippen molar-refractivity contribution >= 4 is 37.8 Å². The summed E-state index contributed by atoms with van der Waals surface area (Å²) in [6.07, 6.45) is 0.960. The fraction of sp³-hybridized carbons (Fsp3) is 0.273. The molecule has 0 saturated heterocycles. The lowest BCUT2D eigenvalue weighted by Gasteiger charge is -2.13. The Labute approximate surface area is 181 Å². The van der Waals surface area contributed by atoms with Gasteiger partial charge in [-0.05, 0) is 67.5 Å². The number of hydrogen-bond acceptors (Lipinski definition) is 4. The molecule has 6 heteroatoms. The Balaban J connectivity index is 1.72. The minimum atomic E-state index is -0.986. The number of hydrogen-bond donors (Lipinski definition) is 0. The van der Waals surface area contributed by atoms with E-state index in [1.165, 1.54) is 0 Å². The molecule has 144 valence electrons.